The third-order valence-electron chi connectivity index (χ3n) is 3.28. The first-order chi connectivity index (χ1) is 10.8. The summed E-state index contributed by atoms with van der Waals surface area (Å²) in [5.74, 6) is 1.42. The predicted molar refractivity (Wildman–Crippen MR) is 80.1 cm³/mol. The van der Waals surface area contributed by atoms with Crippen LogP contribution in [0.2, 0.25) is 0 Å². The topological polar surface area (TPSA) is 76.6 Å². The summed E-state index contributed by atoms with van der Waals surface area (Å²) < 4.78 is 6.95. The Kier molecular flexibility index (Phi) is 3.79. The molecular weight excluding hydrogens is 278 g/mol. The predicted octanol–water partition coefficient (Wildman–Crippen LogP) is 2.27. The van der Waals surface area contributed by atoms with Crippen molar-refractivity contribution in [2.75, 3.05) is 7.11 Å². The van der Waals surface area contributed by atoms with Crippen molar-refractivity contribution in [2.24, 2.45) is 0 Å². The third-order valence-corrected chi connectivity index (χ3v) is 3.28. The van der Waals surface area contributed by atoms with E-state index in [4.69, 9.17) is 10.00 Å². The van der Waals surface area contributed by atoms with Crippen molar-refractivity contribution in [1.29, 1.82) is 5.26 Å². The summed E-state index contributed by atoms with van der Waals surface area (Å²) in [4.78, 5) is 0. The van der Waals surface area contributed by atoms with Crippen LogP contribution in [0, 0.1) is 11.3 Å². The molecule has 0 spiro atoms. The Bertz CT molecular complexity index is 817. The average molecular weight is 291 g/mol. The third kappa shape index (κ3) is 2.79. The molecule has 0 bridgehead atoms. The Morgan fingerprint density at radius 3 is 2.73 bits per heavy atom. The number of benzene rings is 2. The molecule has 1 aromatic heterocycles. The van der Waals surface area contributed by atoms with Crippen molar-refractivity contribution in [3.8, 4) is 23.2 Å². The first-order valence-corrected chi connectivity index (χ1v) is 6.70. The molecule has 0 saturated heterocycles. The quantitative estimate of drug-likeness (QED) is 0.737. The Balaban J connectivity index is 1.89. The number of nitriles is 1. The van der Waals surface area contributed by atoms with Gasteiger partial charge in [-0.2, -0.15) is 5.26 Å². The van der Waals surface area contributed by atoms with Crippen LogP contribution in [-0.4, -0.2) is 27.3 Å². The van der Waals surface area contributed by atoms with E-state index in [1.165, 1.54) is 0 Å². The standard InChI is InChI=1S/C16H13N5O/c1-22-15-4-2-3-14(9-15)16-18-19-20-21(16)11-13-7-5-12(10-17)6-8-13/h2-9H,11H2,1H3. The van der Waals surface area contributed by atoms with E-state index in [0.29, 0.717) is 17.9 Å². The normalized spacial score (nSPS) is 10.2. The summed E-state index contributed by atoms with van der Waals surface area (Å²) >= 11 is 0. The molecule has 0 aliphatic heterocycles. The Hall–Kier alpha value is -3.20. The highest BCUT2D eigenvalue weighted by molar-refractivity contribution is 5.57. The lowest BCUT2D eigenvalue weighted by Gasteiger charge is -2.06. The van der Waals surface area contributed by atoms with E-state index in [9.17, 15) is 0 Å². The molecule has 0 amide bonds. The minimum Gasteiger partial charge on any atom is -0.497 e. The maximum Gasteiger partial charge on any atom is 0.182 e. The first kappa shape index (κ1) is 13.8. The summed E-state index contributed by atoms with van der Waals surface area (Å²) in [7, 11) is 1.62. The molecule has 6 heteroatoms. The molecule has 3 aromatic rings. The van der Waals surface area contributed by atoms with Crippen molar-refractivity contribution >= 4 is 0 Å². The highest BCUT2D eigenvalue weighted by atomic mass is 16.5. The molecular formula is C16H13N5O. The molecule has 0 radical (unpaired) electrons. The Morgan fingerprint density at radius 1 is 1.18 bits per heavy atom. The highest BCUT2D eigenvalue weighted by Gasteiger charge is 2.10. The second-order valence-electron chi connectivity index (χ2n) is 4.70. The number of aromatic nitrogens is 4. The van der Waals surface area contributed by atoms with Crippen LogP contribution in [0.15, 0.2) is 48.5 Å². The molecule has 0 aliphatic rings. The SMILES string of the molecule is COc1cccc(-c2nnnn2Cc2ccc(C#N)cc2)c1. The van der Waals surface area contributed by atoms with E-state index in [1.807, 2.05) is 36.4 Å². The van der Waals surface area contributed by atoms with Gasteiger partial charge in [-0.05, 0) is 40.3 Å². The smallest absolute Gasteiger partial charge is 0.182 e. The largest absolute Gasteiger partial charge is 0.497 e. The lowest BCUT2D eigenvalue weighted by Crippen LogP contribution is -2.04. The van der Waals surface area contributed by atoms with Gasteiger partial charge in [0.2, 0.25) is 0 Å². The van der Waals surface area contributed by atoms with Crippen LogP contribution in [0.3, 0.4) is 0 Å². The van der Waals surface area contributed by atoms with Crippen LogP contribution in [0.5, 0.6) is 5.75 Å². The molecule has 108 valence electrons. The molecule has 0 fully saturated rings. The van der Waals surface area contributed by atoms with Gasteiger partial charge in [-0.25, -0.2) is 4.68 Å². The zero-order chi connectivity index (χ0) is 15.4. The monoisotopic (exact) mass is 291 g/mol. The van der Waals surface area contributed by atoms with Crippen LogP contribution in [0.4, 0.5) is 0 Å². The molecule has 0 N–H and O–H groups in total. The van der Waals surface area contributed by atoms with Crippen LogP contribution < -0.4 is 4.74 Å². The van der Waals surface area contributed by atoms with Gasteiger partial charge in [0.1, 0.15) is 5.75 Å². The van der Waals surface area contributed by atoms with Crippen LogP contribution in [-0.2, 0) is 6.54 Å². The zero-order valence-electron chi connectivity index (χ0n) is 12.0. The summed E-state index contributed by atoms with van der Waals surface area (Å²) in [5.41, 5.74) is 2.54. The van der Waals surface area contributed by atoms with Gasteiger partial charge in [0, 0.05) is 5.56 Å². The molecule has 3 rings (SSSR count). The van der Waals surface area contributed by atoms with Crippen molar-refractivity contribution < 1.29 is 4.74 Å². The number of methoxy groups -OCH3 is 1. The number of hydrogen-bond donors (Lipinski definition) is 0. The molecule has 1 heterocycles. The number of nitrogens with zero attached hydrogens (tertiary/aromatic N) is 5. The highest BCUT2D eigenvalue weighted by Crippen LogP contribution is 2.21. The van der Waals surface area contributed by atoms with E-state index < -0.39 is 0 Å². The van der Waals surface area contributed by atoms with E-state index in [2.05, 4.69) is 21.6 Å². The van der Waals surface area contributed by atoms with E-state index in [1.54, 1.807) is 23.9 Å². The molecule has 0 atom stereocenters. The number of rotatable bonds is 4. The number of tetrazole rings is 1. The second kappa shape index (κ2) is 6.06. The maximum absolute atomic E-state index is 8.83. The fourth-order valence-electron chi connectivity index (χ4n) is 2.14. The van der Waals surface area contributed by atoms with Crippen molar-refractivity contribution in [1.82, 2.24) is 20.2 Å². The van der Waals surface area contributed by atoms with Crippen molar-refractivity contribution in [3.05, 3.63) is 59.7 Å². The molecule has 0 saturated carbocycles. The van der Waals surface area contributed by atoms with Crippen molar-refractivity contribution in [2.45, 2.75) is 6.54 Å². The minimum atomic E-state index is 0.533. The van der Waals surface area contributed by atoms with E-state index >= 15 is 0 Å². The molecule has 0 unspecified atom stereocenters. The average Bonchev–Trinajstić information content (AvgIpc) is 3.04. The van der Waals surface area contributed by atoms with Crippen LogP contribution >= 0.6 is 0 Å². The lowest BCUT2D eigenvalue weighted by molar-refractivity contribution is 0.415. The Labute approximate surface area is 127 Å². The van der Waals surface area contributed by atoms with Gasteiger partial charge in [-0.15, -0.1) is 5.10 Å². The number of hydrogen-bond acceptors (Lipinski definition) is 5. The minimum absolute atomic E-state index is 0.533. The summed E-state index contributed by atoms with van der Waals surface area (Å²) in [6.07, 6.45) is 0. The number of ether oxygens (including phenoxy) is 1. The van der Waals surface area contributed by atoms with Gasteiger partial charge in [0.25, 0.3) is 0 Å². The fraction of sp³-hybridized carbons (Fsp3) is 0.125. The second-order valence-corrected chi connectivity index (χ2v) is 4.70. The molecule has 0 aliphatic carbocycles. The van der Waals surface area contributed by atoms with E-state index in [-0.39, 0.29) is 0 Å². The van der Waals surface area contributed by atoms with E-state index in [0.717, 1.165) is 16.9 Å². The molecule has 2 aromatic carbocycles. The van der Waals surface area contributed by atoms with Gasteiger partial charge in [-0.1, -0.05) is 24.3 Å². The maximum atomic E-state index is 8.83. The van der Waals surface area contributed by atoms with Crippen LogP contribution in [0.1, 0.15) is 11.1 Å². The van der Waals surface area contributed by atoms with Gasteiger partial charge >= 0.3 is 0 Å². The zero-order valence-corrected chi connectivity index (χ0v) is 12.0. The first-order valence-electron chi connectivity index (χ1n) is 6.70. The fourth-order valence-corrected chi connectivity index (χ4v) is 2.14. The summed E-state index contributed by atoms with van der Waals surface area (Å²) in [6.45, 7) is 0.533. The van der Waals surface area contributed by atoms with Crippen LogP contribution in [0.25, 0.3) is 11.4 Å². The summed E-state index contributed by atoms with van der Waals surface area (Å²) in [5, 5.41) is 20.7. The van der Waals surface area contributed by atoms with Gasteiger partial charge < -0.3 is 4.74 Å². The molecule has 6 nitrogen and oxygen atoms in total. The molecule has 22 heavy (non-hydrogen) atoms. The summed E-state index contributed by atoms with van der Waals surface area (Å²) in [6, 6.07) is 17.1. The van der Waals surface area contributed by atoms with Gasteiger partial charge in [0.15, 0.2) is 5.82 Å². The van der Waals surface area contributed by atoms with Crippen molar-refractivity contribution in [3.63, 3.8) is 0 Å². The Morgan fingerprint density at radius 2 is 2.00 bits per heavy atom. The van der Waals surface area contributed by atoms with Gasteiger partial charge in [-0.3, -0.25) is 0 Å². The lowest BCUT2D eigenvalue weighted by atomic mass is 10.1. The van der Waals surface area contributed by atoms with Gasteiger partial charge in [0.05, 0.1) is 25.3 Å².